The van der Waals surface area contributed by atoms with Crippen LogP contribution >= 0.6 is 15.9 Å². The molecule has 84 valence electrons. The van der Waals surface area contributed by atoms with E-state index in [1.807, 2.05) is 12.4 Å². The quantitative estimate of drug-likeness (QED) is 0.771. The highest BCUT2D eigenvalue weighted by Crippen LogP contribution is 2.12. The normalized spacial score (nSPS) is 10.7. The van der Waals surface area contributed by atoms with Gasteiger partial charge in [0.05, 0.1) is 0 Å². The van der Waals surface area contributed by atoms with Crippen LogP contribution in [-0.2, 0) is 5.33 Å². The Labute approximate surface area is 100 Å². The Kier molecular flexibility index (Phi) is 5.02. The lowest BCUT2D eigenvalue weighted by Gasteiger charge is -2.26. The molecule has 0 aromatic carbocycles. The highest BCUT2D eigenvalue weighted by molar-refractivity contribution is 9.08. The van der Waals surface area contributed by atoms with Gasteiger partial charge >= 0.3 is 0 Å². The van der Waals surface area contributed by atoms with Gasteiger partial charge in [-0.3, -0.25) is 0 Å². The van der Waals surface area contributed by atoms with Crippen LogP contribution in [0.4, 0.5) is 5.95 Å². The van der Waals surface area contributed by atoms with Gasteiger partial charge in [-0.25, -0.2) is 9.97 Å². The van der Waals surface area contributed by atoms with Crippen LogP contribution in [0, 0.1) is 0 Å². The second-order valence-electron chi connectivity index (χ2n) is 3.81. The lowest BCUT2D eigenvalue weighted by Crippen LogP contribution is -2.32. The second-order valence-corrected chi connectivity index (χ2v) is 4.37. The van der Waals surface area contributed by atoms with Crippen LogP contribution in [0.5, 0.6) is 0 Å². The van der Waals surface area contributed by atoms with Crippen molar-refractivity contribution in [1.82, 2.24) is 9.97 Å². The fourth-order valence-electron chi connectivity index (χ4n) is 1.40. The van der Waals surface area contributed by atoms with E-state index in [9.17, 15) is 0 Å². The third-order valence-corrected chi connectivity index (χ3v) is 2.84. The van der Waals surface area contributed by atoms with Crippen molar-refractivity contribution in [3.05, 3.63) is 18.0 Å². The first-order valence-electron chi connectivity index (χ1n) is 5.32. The Bertz CT molecular complexity index is 284. The third kappa shape index (κ3) is 3.45. The minimum Gasteiger partial charge on any atom is -0.338 e. The van der Waals surface area contributed by atoms with Crippen LogP contribution in [-0.4, -0.2) is 22.6 Å². The van der Waals surface area contributed by atoms with Crippen LogP contribution in [0.3, 0.4) is 0 Å². The van der Waals surface area contributed by atoms with E-state index in [1.54, 1.807) is 0 Å². The molecule has 1 aromatic heterocycles. The van der Waals surface area contributed by atoms with Crippen molar-refractivity contribution in [1.29, 1.82) is 0 Å². The van der Waals surface area contributed by atoms with Gasteiger partial charge in [0.15, 0.2) is 0 Å². The molecule has 0 spiro atoms. The standard InChI is InChI=1S/C11H18BrN3/c1-4-5-15(9(2)3)11-13-7-10(6-12)8-14-11/h7-9H,4-6H2,1-3H3. The summed E-state index contributed by atoms with van der Waals surface area (Å²) in [7, 11) is 0. The molecular formula is C11H18BrN3. The van der Waals surface area contributed by atoms with Crippen LogP contribution in [0.15, 0.2) is 12.4 Å². The fraction of sp³-hybridized carbons (Fsp3) is 0.636. The average molecular weight is 272 g/mol. The van der Waals surface area contributed by atoms with E-state index in [1.165, 1.54) is 0 Å². The van der Waals surface area contributed by atoms with Crippen molar-refractivity contribution < 1.29 is 0 Å². The summed E-state index contributed by atoms with van der Waals surface area (Å²) in [5, 5.41) is 0.808. The number of aromatic nitrogens is 2. The average Bonchev–Trinajstić information content (AvgIpc) is 2.26. The van der Waals surface area contributed by atoms with Gasteiger partial charge in [0.1, 0.15) is 0 Å². The highest BCUT2D eigenvalue weighted by atomic mass is 79.9. The van der Waals surface area contributed by atoms with E-state index in [0.29, 0.717) is 6.04 Å². The summed E-state index contributed by atoms with van der Waals surface area (Å²) in [5.74, 6) is 0.830. The predicted molar refractivity (Wildman–Crippen MR) is 67.4 cm³/mol. The molecule has 0 unspecified atom stereocenters. The predicted octanol–water partition coefficient (Wildman–Crippen LogP) is 3.00. The van der Waals surface area contributed by atoms with Crippen LogP contribution in [0.2, 0.25) is 0 Å². The first kappa shape index (κ1) is 12.4. The molecule has 1 heterocycles. The van der Waals surface area contributed by atoms with E-state index < -0.39 is 0 Å². The summed E-state index contributed by atoms with van der Waals surface area (Å²) in [5.41, 5.74) is 1.11. The Hall–Kier alpha value is -0.640. The summed E-state index contributed by atoms with van der Waals surface area (Å²) in [6, 6.07) is 0.444. The first-order valence-corrected chi connectivity index (χ1v) is 6.44. The largest absolute Gasteiger partial charge is 0.338 e. The van der Waals surface area contributed by atoms with Gasteiger partial charge in [0, 0.05) is 30.3 Å². The third-order valence-electron chi connectivity index (χ3n) is 2.19. The number of alkyl halides is 1. The number of hydrogen-bond acceptors (Lipinski definition) is 3. The number of nitrogens with zero attached hydrogens (tertiary/aromatic N) is 3. The van der Waals surface area contributed by atoms with Crippen molar-refractivity contribution in [2.45, 2.75) is 38.6 Å². The van der Waals surface area contributed by atoms with Crippen molar-refractivity contribution in [3.63, 3.8) is 0 Å². The zero-order chi connectivity index (χ0) is 11.3. The van der Waals surface area contributed by atoms with E-state index in [4.69, 9.17) is 0 Å². The van der Waals surface area contributed by atoms with Crippen molar-refractivity contribution >= 4 is 21.9 Å². The van der Waals surface area contributed by atoms with Gasteiger partial charge in [-0.1, -0.05) is 22.9 Å². The zero-order valence-electron chi connectivity index (χ0n) is 9.57. The van der Waals surface area contributed by atoms with Gasteiger partial charge in [0.25, 0.3) is 0 Å². The minimum absolute atomic E-state index is 0.444. The summed E-state index contributed by atoms with van der Waals surface area (Å²) in [4.78, 5) is 11.0. The fourth-order valence-corrected chi connectivity index (χ4v) is 1.68. The summed E-state index contributed by atoms with van der Waals surface area (Å²) < 4.78 is 0. The monoisotopic (exact) mass is 271 g/mol. The number of anilines is 1. The molecule has 15 heavy (non-hydrogen) atoms. The van der Waals surface area contributed by atoms with Crippen molar-refractivity contribution in [2.24, 2.45) is 0 Å². The smallest absolute Gasteiger partial charge is 0.225 e. The highest BCUT2D eigenvalue weighted by Gasteiger charge is 2.11. The number of rotatable bonds is 5. The Balaban J connectivity index is 2.81. The molecule has 0 bridgehead atoms. The maximum Gasteiger partial charge on any atom is 0.225 e. The van der Waals surface area contributed by atoms with Gasteiger partial charge in [-0.05, 0) is 25.8 Å². The Morgan fingerprint density at radius 1 is 1.33 bits per heavy atom. The Morgan fingerprint density at radius 3 is 2.33 bits per heavy atom. The van der Waals surface area contributed by atoms with Crippen LogP contribution in [0.25, 0.3) is 0 Å². The summed E-state index contributed by atoms with van der Waals surface area (Å²) in [6.45, 7) is 7.50. The molecular weight excluding hydrogens is 254 g/mol. The van der Waals surface area contributed by atoms with E-state index in [2.05, 4.69) is 51.6 Å². The molecule has 1 aromatic rings. The minimum atomic E-state index is 0.444. The van der Waals surface area contributed by atoms with Gasteiger partial charge in [-0.15, -0.1) is 0 Å². The molecule has 0 aliphatic carbocycles. The SMILES string of the molecule is CCCN(c1ncc(CBr)cn1)C(C)C. The van der Waals surface area contributed by atoms with Gasteiger partial charge < -0.3 is 4.90 Å². The van der Waals surface area contributed by atoms with E-state index in [-0.39, 0.29) is 0 Å². The molecule has 3 nitrogen and oxygen atoms in total. The molecule has 1 rings (SSSR count). The molecule has 0 aliphatic rings. The molecule has 0 atom stereocenters. The maximum absolute atomic E-state index is 4.37. The molecule has 4 heteroatoms. The number of hydrogen-bond donors (Lipinski definition) is 0. The van der Waals surface area contributed by atoms with Gasteiger partial charge in [-0.2, -0.15) is 0 Å². The molecule has 0 saturated carbocycles. The van der Waals surface area contributed by atoms with E-state index >= 15 is 0 Å². The lowest BCUT2D eigenvalue weighted by atomic mass is 10.3. The molecule has 0 saturated heterocycles. The summed E-state index contributed by atoms with van der Waals surface area (Å²) in [6.07, 6.45) is 4.87. The zero-order valence-corrected chi connectivity index (χ0v) is 11.2. The summed E-state index contributed by atoms with van der Waals surface area (Å²) >= 11 is 3.39. The Morgan fingerprint density at radius 2 is 1.93 bits per heavy atom. The number of halogens is 1. The van der Waals surface area contributed by atoms with Crippen LogP contribution in [0.1, 0.15) is 32.8 Å². The first-order chi connectivity index (χ1) is 7.19. The lowest BCUT2D eigenvalue weighted by molar-refractivity contribution is 0.651. The molecule has 0 fully saturated rings. The topological polar surface area (TPSA) is 29.0 Å². The van der Waals surface area contributed by atoms with Crippen LogP contribution < -0.4 is 4.90 Å². The molecule has 0 N–H and O–H groups in total. The van der Waals surface area contributed by atoms with Crippen molar-refractivity contribution in [3.8, 4) is 0 Å². The van der Waals surface area contributed by atoms with Gasteiger partial charge in [0.2, 0.25) is 5.95 Å². The molecule has 0 amide bonds. The van der Waals surface area contributed by atoms with E-state index in [0.717, 1.165) is 29.8 Å². The van der Waals surface area contributed by atoms with Crippen molar-refractivity contribution in [2.75, 3.05) is 11.4 Å². The second kappa shape index (κ2) is 6.05. The maximum atomic E-state index is 4.37. The molecule has 0 aliphatic heterocycles. The molecule has 0 radical (unpaired) electrons.